The summed E-state index contributed by atoms with van der Waals surface area (Å²) >= 11 is 0. The fraction of sp³-hybridized carbons (Fsp3) is 0.727. The van der Waals surface area contributed by atoms with Gasteiger partial charge < -0.3 is 4.98 Å². The zero-order valence-electron chi connectivity index (χ0n) is 10.3. The molecule has 1 aromatic rings. The van der Waals surface area contributed by atoms with E-state index in [-0.39, 0.29) is 16.4 Å². The van der Waals surface area contributed by atoms with Crippen LogP contribution >= 0.6 is 0 Å². The van der Waals surface area contributed by atoms with E-state index in [1.54, 1.807) is 0 Å². The first-order valence-electron chi connectivity index (χ1n) is 5.10. The lowest BCUT2D eigenvalue weighted by Crippen LogP contribution is -2.31. The first-order valence-corrected chi connectivity index (χ1v) is 5.10. The number of hydrogen-bond acceptors (Lipinski definition) is 3. The Hall–Kier alpha value is -1.19. The van der Waals surface area contributed by atoms with Crippen molar-refractivity contribution in [3.05, 3.63) is 21.9 Å². The lowest BCUT2D eigenvalue weighted by atomic mass is 9.92. The van der Waals surface area contributed by atoms with Crippen LogP contribution in [-0.4, -0.2) is 15.2 Å². The molecule has 0 radical (unpaired) electrons. The van der Waals surface area contributed by atoms with E-state index in [1.807, 2.05) is 41.5 Å². The van der Waals surface area contributed by atoms with Crippen LogP contribution in [0.5, 0.6) is 0 Å². The molecule has 0 saturated carbocycles. The number of nitrogens with zero attached hydrogens (tertiary/aromatic N) is 2. The molecular weight excluding hydrogens is 190 g/mol. The Bertz CT molecular complexity index is 407. The molecule has 0 unspecified atom stereocenters. The van der Waals surface area contributed by atoms with E-state index >= 15 is 0 Å². The molecule has 0 saturated heterocycles. The van der Waals surface area contributed by atoms with Gasteiger partial charge >= 0.3 is 0 Å². The predicted octanol–water partition coefficient (Wildman–Crippen LogP) is 1.76. The Morgan fingerprint density at radius 2 is 1.47 bits per heavy atom. The summed E-state index contributed by atoms with van der Waals surface area (Å²) in [6.07, 6.45) is 0. The van der Waals surface area contributed by atoms with Gasteiger partial charge in [-0.1, -0.05) is 41.5 Å². The van der Waals surface area contributed by atoms with Crippen LogP contribution in [0.4, 0.5) is 0 Å². The molecule has 0 bridgehead atoms. The van der Waals surface area contributed by atoms with Crippen LogP contribution in [0.3, 0.4) is 0 Å². The van der Waals surface area contributed by atoms with Crippen LogP contribution in [-0.2, 0) is 10.8 Å². The highest BCUT2D eigenvalue weighted by Gasteiger charge is 2.23. The van der Waals surface area contributed by atoms with Crippen LogP contribution in [0.25, 0.3) is 0 Å². The quantitative estimate of drug-likeness (QED) is 0.708. The van der Waals surface area contributed by atoms with Gasteiger partial charge in [-0.15, -0.1) is 10.2 Å². The zero-order valence-corrected chi connectivity index (χ0v) is 10.3. The summed E-state index contributed by atoms with van der Waals surface area (Å²) in [5.41, 5.74) is -0.0996. The van der Waals surface area contributed by atoms with Crippen molar-refractivity contribution in [2.45, 2.75) is 52.4 Å². The Labute approximate surface area is 90.1 Å². The molecule has 0 fully saturated rings. The predicted molar refractivity (Wildman–Crippen MR) is 60.1 cm³/mol. The highest BCUT2D eigenvalue weighted by Crippen LogP contribution is 2.18. The van der Waals surface area contributed by atoms with Crippen molar-refractivity contribution in [1.82, 2.24) is 15.2 Å². The molecule has 0 aliphatic carbocycles. The van der Waals surface area contributed by atoms with E-state index in [9.17, 15) is 4.79 Å². The van der Waals surface area contributed by atoms with Gasteiger partial charge in [0.15, 0.2) is 0 Å². The van der Waals surface area contributed by atoms with Gasteiger partial charge in [-0.3, -0.25) is 4.79 Å². The third-order valence-electron chi connectivity index (χ3n) is 2.12. The lowest BCUT2D eigenvalue weighted by Gasteiger charge is -2.19. The van der Waals surface area contributed by atoms with Crippen molar-refractivity contribution in [2.75, 3.05) is 0 Å². The molecule has 0 aliphatic rings. The summed E-state index contributed by atoms with van der Waals surface area (Å²) < 4.78 is 0. The molecule has 0 spiro atoms. The first kappa shape index (κ1) is 11.9. The summed E-state index contributed by atoms with van der Waals surface area (Å²) in [6, 6.07) is 0. The largest absolute Gasteiger partial charge is 0.307 e. The van der Waals surface area contributed by atoms with E-state index in [4.69, 9.17) is 0 Å². The van der Waals surface area contributed by atoms with E-state index in [0.717, 1.165) is 0 Å². The normalized spacial score (nSPS) is 12.9. The van der Waals surface area contributed by atoms with Gasteiger partial charge in [0.05, 0.1) is 0 Å². The SMILES string of the molecule is CC(C)(C)c1nnc(C(C)(C)C)c(=O)[nH]1. The smallest absolute Gasteiger partial charge is 0.273 e. The standard InChI is InChI=1S/C11H19N3O/c1-10(2,3)7-8(15)12-9(14-13-7)11(4,5)6/h1-6H3,(H,12,14,15). The van der Waals surface area contributed by atoms with Gasteiger partial charge in [-0.05, 0) is 0 Å². The third kappa shape index (κ3) is 2.64. The third-order valence-corrected chi connectivity index (χ3v) is 2.12. The molecule has 1 rings (SSSR count). The second-order valence-electron chi connectivity index (χ2n) is 5.85. The van der Waals surface area contributed by atoms with E-state index in [2.05, 4.69) is 15.2 Å². The molecule has 0 atom stereocenters. The molecule has 15 heavy (non-hydrogen) atoms. The molecular formula is C11H19N3O. The molecule has 4 heteroatoms. The van der Waals surface area contributed by atoms with E-state index in [1.165, 1.54) is 0 Å². The van der Waals surface area contributed by atoms with Crippen LogP contribution in [0, 0.1) is 0 Å². The van der Waals surface area contributed by atoms with E-state index < -0.39 is 0 Å². The van der Waals surface area contributed by atoms with Crippen LogP contribution in [0.15, 0.2) is 4.79 Å². The fourth-order valence-electron chi connectivity index (χ4n) is 1.17. The summed E-state index contributed by atoms with van der Waals surface area (Å²) in [7, 11) is 0. The number of nitrogens with one attached hydrogen (secondary N) is 1. The molecule has 84 valence electrons. The maximum absolute atomic E-state index is 11.8. The molecule has 0 amide bonds. The minimum Gasteiger partial charge on any atom is -0.307 e. The number of aromatic amines is 1. The molecule has 1 aromatic heterocycles. The van der Waals surface area contributed by atoms with Crippen molar-refractivity contribution < 1.29 is 0 Å². The minimum atomic E-state index is -0.267. The summed E-state index contributed by atoms with van der Waals surface area (Å²) in [5.74, 6) is 0.625. The Kier molecular flexibility index (Phi) is 2.72. The average Bonchev–Trinajstić information content (AvgIpc) is 1.99. The molecule has 1 N–H and O–H groups in total. The van der Waals surface area contributed by atoms with Crippen LogP contribution in [0.2, 0.25) is 0 Å². The maximum atomic E-state index is 11.8. The number of aromatic nitrogens is 3. The average molecular weight is 209 g/mol. The summed E-state index contributed by atoms with van der Waals surface area (Å²) in [5, 5.41) is 8.09. The van der Waals surface area contributed by atoms with Crippen molar-refractivity contribution in [3.8, 4) is 0 Å². The Morgan fingerprint density at radius 1 is 0.933 bits per heavy atom. The van der Waals surface area contributed by atoms with Gasteiger partial charge in [-0.25, -0.2) is 0 Å². The van der Waals surface area contributed by atoms with Crippen molar-refractivity contribution in [1.29, 1.82) is 0 Å². The van der Waals surface area contributed by atoms with Crippen molar-refractivity contribution >= 4 is 0 Å². The number of hydrogen-bond donors (Lipinski definition) is 1. The highest BCUT2D eigenvalue weighted by atomic mass is 16.1. The fourth-order valence-corrected chi connectivity index (χ4v) is 1.17. The van der Waals surface area contributed by atoms with Crippen LogP contribution < -0.4 is 5.56 Å². The van der Waals surface area contributed by atoms with Crippen molar-refractivity contribution in [2.24, 2.45) is 0 Å². The maximum Gasteiger partial charge on any atom is 0.273 e. The second kappa shape index (κ2) is 3.43. The first-order chi connectivity index (χ1) is 6.62. The Balaban J connectivity index is 3.28. The van der Waals surface area contributed by atoms with Gasteiger partial charge in [-0.2, -0.15) is 0 Å². The molecule has 4 nitrogen and oxygen atoms in total. The van der Waals surface area contributed by atoms with Crippen LogP contribution in [0.1, 0.15) is 53.1 Å². The van der Waals surface area contributed by atoms with Gasteiger partial charge in [0.25, 0.3) is 5.56 Å². The number of H-pyrrole nitrogens is 1. The van der Waals surface area contributed by atoms with Gasteiger partial charge in [0, 0.05) is 10.8 Å². The van der Waals surface area contributed by atoms with Gasteiger partial charge in [0.1, 0.15) is 11.5 Å². The molecule has 0 aliphatic heterocycles. The highest BCUT2D eigenvalue weighted by molar-refractivity contribution is 5.09. The minimum absolute atomic E-state index is 0.137. The monoisotopic (exact) mass is 209 g/mol. The van der Waals surface area contributed by atoms with E-state index in [0.29, 0.717) is 11.5 Å². The number of rotatable bonds is 0. The molecule has 1 heterocycles. The second-order valence-corrected chi connectivity index (χ2v) is 5.85. The topological polar surface area (TPSA) is 58.6 Å². The molecule has 0 aromatic carbocycles. The zero-order chi connectivity index (χ0) is 11.9. The van der Waals surface area contributed by atoms with Gasteiger partial charge in [0.2, 0.25) is 0 Å². The summed E-state index contributed by atoms with van der Waals surface area (Å²) in [4.78, 5) is 14.6. The lowest BCUT2D eigenvalue weighted by molar-refractivity contribution is 0.497. The Morgan fingerprint density at radius 3 is 1.80 bits per heavy atom. The summed E-state index contributed by atoms with van der Waals surface area (Å²) in [6.45, 7) is 11.8. The van der Waals surface area contributed by atoms with Crippen molar-refractivity contribution in [3.63, 3.8) is 0 Å².